The van der Waals surface area contributed by atoms with Crippen molar-refractivity contribution in [2.24, 2.45) is 11.3 Å². The van der Waals surface area contributed by atoms with Crippen molar-refractivity contribution in [1.29, 1.82) is 0 Å². The number of rotatable bonds is 0. The molecular weight excluding hydrogens is 444 g/mol. The van der Waals surface area contributed by atoms with Crippen LogP contribution >= 0.6 is 16.5 Å². The Balaban J connectivity index is 0.000000583. The summed E-state index contributed by atoms with van der Waals surface area (Å²) in [6, 6.07) is 0. The molecule has 88 valence electrons. The molecule has 0 saturated carbocycles. The molecule has 1 aliphatic heterocycles. The Labute approximate surface area is 112 Å². The van der Waals surface area contributed by atoms with E-state index in [1.165, 1.54) is 0 Å². The van der Waals surface area contributed by atoms with Crippen molar-refractivity contribution in [2.45, 2.75) is 33.6 Å². The van der Waals surface area contributed by atoms with Crippen LogP contribution in [0.3, 0.4) is 0 Å². The average molecular weight is 462 g/mol. The molecule has 0 aliphatic carbocycles. The van der Waals surface area contributed by atoms with E-state index >= 15 is 0 Å². The molecule has 0 bridgehead atoms. The van der Waals surface area contributed by atoms with Crippen molar-refractivity contribution < 1.29 is 30.5 Å². The predicted octanol–water partition coefficient (Wildman–Crippen LogP) is 3.23. The van der Waals surface area contributed by atoms with Gasteiger partial charge in [0.05, 0.1) is 11.5 Å². The second-order valence-corrected chi connectivity index (χ2v) is 15.1. The molecule has 0 spiro atoms. The summed E-state index contributed by atoms with van der Waals surface area (Å²) in [5.74, 6) is 1.38. The number of halogens is 2. The minimum atomic E-state index is -2.68. The Hall–Kier alpha value is 1.47. The quantitative estimate of drug-likeness (QED) is 0.519. The van der Waals surface area contributed by atoms with E-state index in [2.05, 4.69) is 20.8 Å². The molecule has 0 aromatic heterocycles. The Morgan fingerprint density at radius 3 is 1.73 bits per heavy atom. The van der Waals surface area contributed by atoms with E-state index in [0.717, 1.165) is 12.8 Å². The van der Waals surface area contributed by atoms with Gasteiger partial charge in [0.25, 0.3) is 0 Å². The molecule has 1 saturated heterocycles. The van der Waals surface area contributed by atoms with E-state index < -0.39 is 31.9 Å². The number of hydrogen-bond donors (Lipinski definition) is 0. The molecule has 2 nitrogen and oxygen atoms in total. The van der Waals surface area contributed by atoms with Crippen molar-refractivity contribution in [1.82, 2.24) is 0 Å². The summed E-state index contributed by atoms with van der Waals surface area (Å²) in [6.07, 6.45) is 1.71. The van der Waals surface area contributed by atoms with Crippen LogP contribution in [0.25, 0.3) is 0 Å². The first kappa shape index (κ1) is 16.5. The van der Waals surface area contributed by atoms with Crippen LogP contribution in [0.5, 0.6) is 0 Å². The van der Waals surface area contributed by atoms with Gasteiger partial charge in [-0.15, -0.1) is 0 Å². The van der Waals surface area contributed by atoms with Crippen molar-refractivity contribution in [2.75, 3.05) is 11.5 Å². The summed E-state index contributed by atoms with van der Waals surface area (Å²) in [5, 5.41) is 0. The molecule has 1 aliphatic rings. The average Bonchev–Trinajstić information content (AvgIpc) is 2.02. The first-order chi connectivity index (χ1) is 6.73. The number of hydrogen-bond acceptors (Lipinski definition) is 2. The van der Waals surface area contributed by atoms with Crippen LogP contribution in [0, 0.1) is 11.3 Å². The fourth-order valence-corrected chi connectivity index (χ4v) is 3.25. The van der Waals surface area contributed by atoms with Crippen LogP contribution < -0.4 is 0 Å². The van der Waals surface area contributed by atoms with Gasteiger partial charge in [0, 0.05) is 0 Å². The fourth-order valence-electron chi connectivity index (χ4n) is 1.76. The van der Waals surface area contributed by atoms with E-state index in [-0.39, 0.29) is 5.41 Å². The summed E-state index contributed by atoms with van der Waals surface area (Å²) in [4.78, 5) is 0. The molecule has 0 amide bonds. The molecule has 1 fully saturated rings. The molecule has 0 radical (unpaired) electrons. The minimum absolute atomic E-state index is 0.274. The van der Waals surface area contributed by atoms with Crippen LogP contribution in [0.4, 0.5) is 0 Å². The molecule has 1 rings (SSSR count). The third-order valence-electron chi connectivity index (χ3n) is 2.78. The van der Waals surface area contributed by atoms with E-state index in [4.69, 9.17) is 16.5 Å². The van der Waals surface area contributed by atoms with Gasteiger partial charge in [-0.25, -0.2) is 8.42 Å². The van der Waals surface area contributed by atoms with E-state index in [1.807, 2.05) is 0 Å². The van der Waals surface area contributed by atoms with Crippen molar-refractivity contribution in [3.05, 3.63) is 0 Å². The van der Waals surface area contributed by atoms with E-state index in [9.17, 15) is 8.42 Å². The zero-order chi connectivity index (χ0) is 12.1. The van der Waals surface area contributed by atoms with Crippen LogP contribution in [0.1, 0.15) is 33.6 Å². The summed E-state index contributed by atoms with van der Waals surface area (Å²) >= 11 is -1.14. The van der Waals surface area contributed by atoms with Gasteiger partial charge < -0.3 is 0 Å². The third kappa shape index (κ3) is 7.40. The van der Waals surface area contributed by atoms with Gasteiger partial charge in [0.2, 0.25) is 0 Å². The Kier molecular flexibility index (Phi) is 7.71. The van der Waals surface area contributed by atoms with E-state index in [0.29, 0.717) is 17.4 Å². The molecule has 0 unspecified atom stereocenters. The monoisotopic (exact) mass is 462 g/mol. The zero-order valence-electron chi connectivity index (χ0n) is 9.59. The first-order valence-electron chi connectivity index (χ1n) is 5.05. The Bertz CT molecular complexity index is 258. The second-order valence-electron chi connectivity index (χ2n) is 4.89. The van der Waals surface area contributed by atoms with Crippen molar-refractivity contribution in [3.63, 3.8) is 0 Å². The van der Waals surface area contributed by atoms with Gasteiger partial charge in [0.1, 0.15) is 9.84 Å². The Morgan fingerprint density at radius 1 is 1.13 bits per heavy atom. The molecule has 6 heteroatoms. The van der Waals surface area contributed by atoms with Gasteiger partial charge in [0.15, 0.2) is 0 Å². The zero-order valence-corrected chi connectivity index (χ0v) is 17.4. The standard InChI is InChI=1S/C9H18O2S.2ClH.Hg/c1-9(2,3)8-4-6-12(10,11)7-5-8;;;/h8H,4-7H2,1-3H3;2*1H;/q;;;+2/p-2. The molecule has 0 aromatic rings. The maximum absolute atomic E-state index is 11.1. The van der Waals surface area contributed by atoms with Gasteiger partial charge in [-0.05, 0) is 24.2 Å². The fraction of sp³-hybridized carbons (Fsp3) is 1.00. The summed E-state index contributed by atoms with van der Waals surface area (Å²) in [5.41, 5.74) is 0.274. The van der Waals surface area contributed by atoms with Gasteiger partial charge in [-0.1, -0.05) is 20.8 Å². The normalized spacial score (nSPS) is 21.1. The van der Waals surface area contributed by atoms with Crippen LogP contribution in [-0.4, -0.2) is 19.9 Å². The predicted molar refractivity (Wildman–Crippen MR) is 62.5 cm³/mol. The summed E-state index contributed by atoms with van der Waals surface area (Å²) in [6.45, 7) is 6.57. The van der Waals surface area contributed by atoms with E-state index in [1.54, 1.807) is 0 Å². The van der Waals surface area contributed by atoms with Crippen LogP contribution in [0.15, 0.2) is 0 Å². The second kappa shape index (κ2) is 7.02. The molecule has 1 heterocycles. The van der Waals surface area contributed by atoms with Crippen molar-refractivity contribution >= 4 is 26.3 Å². The van der Waals surface area contributed by atoms with Crippen LogP contribution in [0.2, 0.25) is 0 Å². The first-order valence-corrected chi connectivity index (χ1v) is 20.4. The van der Waals surface area contributed by atoms with Gasteiger partial charge in [-0.2, -0.15) is 0 Å². The Morgan fingerprint density at radius 2 is 1.47 bits per heavy atom. The molecular formula is C9H18Cl2HgO2S. The maximum atomic E-state index is 11.1. The van der Waals surface area contributed by atoms with Gasteiger partial charge in [-0.3, -0.25) is 0 Å². The summed E-state index contributed by atoms with van der Waals surface area (Å²) in [7, 11) is 7.30. The topological polar surface area (TPSA) is 34.1 Å². The van der Waals surface area contributed by atoms with Gasteiger partial charge >= 0.3 is 38.6 Å². The molecule has 15 heavy (non-hydrogen) atoms. The SMILES string of the molecule is CC(C)(C)C1CCS(=O)(=O)CC1.[Cl][Hg][Cl]. The van der Waals surface area contributed by atoms with Crippen LogP contribution in [-0.2, 0) is 31.9 Å². The molecule has 0 aromatic carbocycles. The number of sulfone groups is 1. The molecule has 0 N–H and O–H groups in total. The third-order valence-corrected chi connectivity index (χ3v) is 4.49. The van der Waals surface area contributed by atoms with Crippen molar-refractivity contribution in [3.8, 4) is 0 Å². The molecule has 0 atom stereocenters. The summed E-state index contributed by atoms with van der Waals surface area (Å²) < 4.78 is 22.2.